The fourth-order valence-electron chi connectivity index (χ4n) is 2.62. The Kier molecular flexibility index (Phi) is 14.3. The summed E-state index contributed by atoms with van der Waals surface area (Å²) in [6, 6.07) is 0. The third kappa shape index (κ3) is 14.9. The fraction of sp³-hybridized carbons (Fsp3) is 0.944. The van der Waals surface area contributed by atoms with Gasteiger partial charge < -0.3 is 4.74 Å². The number of nitrogens with one attached hydrogen (secondary N) is 1. The largest absolute Gasteiger partial charge is 0.461 e. The zero-order valence-corrected chi connectivity index (χ0v) is 16.6. The molecule has 0 rings (SSSR count). The Morgan fingerprint density at radius 2 is 1.42 bits per heavy atom. The van der Waals surface area contributed by atoms with Gasteiger partial charge in [-0.05, 0) is 19.8 Å². The molecule has 1 N–H and O–H groups in total. The monoisotopic (exact) mass is 363 g/mol. The molecule has 0 aromatic rings. The van der Waals surface area contributed by atoms with Crippen LogP contribution in [-0.4, -0.2) is 32.8 Å². The van der Waals surface area contributed by atoms with Crippen LogP contribution in [0.4, 0.5) is 0 Å². The zero-order valence-electron chi connectivity index (χ0n) is 15.8. The van der Waals surface area contributed by atoms with Gasteiger partial charge in [-0.3, -0.25) is 4.79 Å². The summed E-state index contributed by atoms with van der Waals surface area (Å²) in [7, 11) is -3.24. The van der Waals surface area contributed by atoms with Crippen molar-refractivity contribution in [2.24, 2.45) is 0 Å². The van der Waals surface area contributed by atoms with Crippen LogP contribution in [0.1, 0.15) is 91.4 Å². The molecule has 0 fully saturated rings. The van der Waals surface area contributed by atoms with Gasteiger partial charge in [0, 0.05) is 13.5 Å². The molecule has 0 radical (unpaired) electrons. The lowest BCUT2D eigenvalue weighted by Crippen LogP contribution is -2.35. The molecule has 5 nitrogen and oxygen atoms in total. The molecule has 0 aliphatic rings. The van der Waals surface area contributed by atoms with Crippen molar-refractivity contribution in [1.82, 2.24) is 4.72 Å². The molecule has 0 bridgehead atoms. The lowest BCUT2D eigenvalue weighted by atomic mass is 10.0. The fourth-order valence-corrected chi connectivity index (χ4v) is 3.26. The number of rotatable bonds is 16. The van der Waals surface area contributed by atoms with Crippen molar-refractivity contribution >= 4 is 16.0 Å². The predicted molar refractivity (Wildman–Crippen MR) is 99.5 cm³/mol. The first-order chi connectivity index (χ1) is 11.4. The van der Waals surface area contributed by atoms with E-state index in [4.69, 9.17) is 4.74 Å². The molecule has 0 spiro atoms. The molecule has 0 amide bonds. The van der Waals surface area contributed by atoms with E-state index in [0.717, 1.165) is 12.8 Å². The molecule has 0 aromatic carbocycles. The Morgan fingerprint density at radius 1 is 0.917 bits per heavy atom. The summed E-state index contributed by atoms with van der Waals surface area (Å²) in [5, 5.41) is 0. The van der Waals surface area contributed by atoms with Crippen LogP contribution in [0.5, 0.6) is 0 Å². The molecule has 1 atom stereocenters. The van der Waals surface area contributed by atoms with Gasteiger partial charge in [0.25, 0.3) is 0 Å². The topological polar surface area (TPSA) is 72.5 Å². The minimum atomic E-state index is -3.24. The minimum Gasteiger partial charge on any atom is -0.461 e. The molecule has 1 unspecified atom stereocenters. The molecule has 0 heterocycles. The summed E-state index contributed by atoms with van der Waals surface area (Å²) in [6.07, 6.45) is 12.8. The Hall–Kier alpha value is -0.620. The van der Waals surface area contributed by atoms with Gasteiger partial charge in [-0.15, -0.1) is 0 Å². The Morgan fingerprint density at radius 3 is 1.88 bits per heavy atom. The maximum absolute atomic E-state index is 11.5. The van der Waals surface area contributed by atoms with Crippen molar-refractivity contribution in [2.75, 3.05) is 12.3 Å². The van der Waals surface area contributed by atoms with Gasteiger partial charge in [0.05, 0.1) is 5.75 Å². The third-order valence-electron chi connectivity index (χ3n) is 4.12. The first-order valence-corrected chi connectivity index (χ1v) is 11.2. The highest BCUT2D eigenvalue weighted by molar-refractivity contribution is 7.89. The standard InChI is InChI=1S/C18H37NO4S/c1-4-6-7-8-9-10-11-12-13-14-15-18(23-17(3)20)16-19-24(21,22)5-2/h18-19H,4-16H2,1-3H3. The van der Waals surface area contributed by atoms with E-state index in [9.17, 15) is 13.2 Å². The number of hydrogen-bond donors (Lipinski definition) is 1. The molecule has 0 aromatic heterocycles. The van der Waals surface area contributed by atoms with Crippen LogP contribution < -0.4 is 4.72 Å². The summed E-state index contributed by atoms with van der Waals surface area (Å²) < 4.78 is 30.7. The zero-order chi connectivity index (χ0) is 18.3. The highest BCUT2D eigenvalue weighted by atomic mass is 32.2. The maximum Gasteiger partial charge on any atom is 0.302 e. The van der Waals surface area contributed by atoms with Crippen LogP contribution in [0, 0.1) is 0 Å². The summed E-state index contributed by atoms with van der Waals surface area (Å²) in [5.41, 5.74) is 0. The quantitative estimate of drug-likeness (QED) is 0.330. The molecule has 144 valence electrons. The number of carbonyl (C=O) groups is 1. The first-order valence-electron chi connectivity index (χ1n) is 9.55. The van der Waals surface area contributed by atoms with Gasteiger partial charge >= 0.3 is 5.97 Å². The second-order valence-electron chi connectivity index (χ2n) is 6.45. The highest BCUT2D eigenvalue weighted by Crippen LogP contribution is 2.13. The Bertz CT molecular complexity index is 409. The van der Waals surface area contributed by atoms with E-state index in [1.165, 1.54) is 58.3 Å². The molecule has 6 heteroatoms. The van der Waals surface area contributed by atoms with Crippen molar-refractivity contribution in [3.63, 3.8) is 0 Å². The number of sulfonamides is 1. The Labute approximate surface area is 149 Å². The smallest absolute Gasteiger partial charge is 0.302 e. The molecule has 0 aliphatic carbocycles. The number of unbranched alkanes of at least 4 members (excludes halogenated alkanes) is 9. The number of ether oxygens (including phenoxy) is 1. The minimum absolute atomic E-state index is 0.0397. The summed E-state index contributed by atoms with van der Waals surface area (Å²) in [6.45, 7) is 5.36. The van der Waals surface area contributed by atoms with Gasteiger partial charge in [0.1, 0.15) is 6.10 Å². The van der Waals surface area contributed by atoms with Crippen molar-refractivity contribution in [2.45, 2.75) is 97.5 Å². The molecule has 0 saturated carbocycles. The van der Waals surface area contributed by atoms with Gasteiger partial charge in [0.2, 0.25) is 10.0 Å². The van der Waals surface area contributed by atoms with Crippen molar-refractivity contribution in [3.8, 4) is 0 Å². The lowest BCUT2D eigenvalue weighted by Gasteiger charge is -2.17. The van der Waals surface area contributed by atoms with Gasteiger partial charge in [0.15, 0.2) is 0 Å². The summed E-state index contributed by atoms with van der Waals surface area (Å²) >= 11 is 0. The Balaban J connectivity index is 3.77. The number of hydrogen-bond acceptors (Lipinski definition) is 4. The number of esters is 1. The molecular formula is C18H37NO4S. The average Bonchev–Trinajstić information content (AvgIpc) is 2.53. The van der Waals surface area contributed by atoms with E-state index in [-0.39, 0.29) is 24.4 Å². The van der Waals surface area contributed by atoms with E-state index in [2.05, 4.69) is 11.6 Å². The second-order valence-corrected chi connectivity index (χ2v) is 8.55. The highest BCUT2D eigenvalue weighted by Gasteiger charge is 2.15. The molecule has 24 heavy (non-hydrogen) atoms. The summed E-state index contributed by atoms with van der Waals surface area (Å²) in [5.74, 6) is -0.319. The molecule has 0 saturated heterocycles. The van der Waals surface area contributed by atoms with E-state index in [1.807, 2.05) is 0 Å². The van der Waals surface area contributed by atoms with Gasteiger partial charge in [-0.25, -0.2) is 13.1 Å². The molecule has 0 aliphatic heterocycles. The van der Waals surface area contributed by atoms with Crippen LogP contribution >= 0.6 is 0 Å². The maximum atomic E-state index is 11.5. The van der Waals surface area contributed by atoms with E-state index < -0.39 is 10.0 Å². The van der Waals surface area contributed by atoms with Gasteiger partial charge in [-0.1, -0.05) is 64.7 Å². The number of carbonyl (C=O) groups excluding carboxylic acids is 1. The normalized spacial score (nSPS) is 13.0. The van der Waals surface area contributed by atoms with E-state index in [0.29, 0.717) is 6.42 Å². The van der Waals surface area contributed by atoms with E-state index in [1.54, 1.807) is 6.92 Å². The molecular weight excluding hydrogens is 326 g/mol. The van der Waals surface area contributed by atoms with Crippen LogP contribution in [-0.2, 0) is 19.6 Å². The van der Waals surface area contributed by atoms with Crippen LogP contribution in [0.15, 0.2) is 0 Å². The average molecular weight is 364 g/mol. The van der Waals surface area contributed by atoms with Crippen LogP contribution in [0.2, 0.25) is 0 Å². The van der Waals surface area contributed by atoms with E-state index >= 15 is 0 Å². The SMILES string of the molecule is CCCCCCCCCCCCC(CNS(=O)(=O)CC)OC(C)=O. The lowest BCUT2D eigenvalue weighted by molar-refractivity contribution is -0.146. The van der Waals surface area contributed by atoms with Crippen molar-refractivity contribution in [3.05, 3.63) is 0 Å². The third-order valence-corrected chi connectivity index (χ3v) is 5.49. The van der Waals surface area contributed by atoms with Crippen molar-refractivity contribution in [1.29, 1.82) is 0 Å². The first kappa shape index (κ1) is 23.4. The van der Waals surface area contributed by atoms with Crippen LogP contribution in [0.25, 0.3) is 0 Å². The van der Waals surface area contributed by atoms with Gasteiger partial charge in [-0.2, -0.15) is 0 Å². The second kappa shape index (κ2) is 14.7. The van der Waals surface area contributed by atoms with Crippen LogP contribution in [0.3, 0.4) is 0 Å². The summed E-state index contributed by atoms with van der Waals surface area (Å²) in [4.78, 5) is 11.1. The predicted octanol–water partition coefficient (Wildman–Crippen LogP) is 4.17. The van der Waals surface area contributed by atoms with Crippen molar-refractivity contribution < 1.29 is 17.9 Å².